The van der Waals surface area contributed by atoms with Crippen molar-refractivity contribution in [2.75, 3.05) is 5.32 Å². The van der Waals surface area contributed by atoms with Crippen LogP contribution < -0.4 is 5.32 Å². The van der Waals surface area contributed by atoms with Gasteiger partial charge in [-0.1, -0.05) is 23.2 Å². The topological polar surface area (TPSA) is 42.2 Å². The lowest BCUT2D eigenvalue weighted by Crippen LogP contribution is -2.08. The Labute approximate surface area is 128 Å². The highest BCUT2D eigenvalue weighted by Crippen LogP contribution is 2.25. The summed E-state index contributed by atoms with van der Waals surface area (Å²) in [5.74, 6) is 0.246. The SMILES string of the molecule is O=C(C=Cc1ccc(Br)o1)Nc1cc(Cl)ccc1Cl. The van der Waals surface area contributed by atoms with E-state index >= 15 is 0 Å². The summed E-state index contributed by atoms with van der Waals surface area (Å²) < 4.78 is 5.83. The van der Waals surface area contributed by atoms with E-state index in [0.717, 1.165) is 0 Å². The second kappa shape index (κ2) is 6.28. The van der Waals surface area contributed by atoms with Crippen LogP contribution in [0.4, 0.5) is 5.69 Å². The molecule has 6 heteroatoms. The number of carbonyl (C=O) groups is 1. The maximum Gasteiger partial charge on any atom is 0.248 e. The van der Waals surface area contributed by atoms with Crippen LogP contribution in [0.1, 0.15) is 5.76 Å². The Morgan fingerprint density at radius 3 is 2.74 bits per heavy atom. The molecule has 0 atom stereocenters. The van der Waals surface area contributed by atoms with Crippen LogP contribution in [0.3, 0.4) is 0 Å². The summed E-state index contributed by atoms with van der Waals surface area (Å²) in [6.45, 7) is 0. The first kappa shape index (κ1) is 14.2. The molecule has 2 rings (SSSR count). The van der Waals surface area contributed by atoms with Gasteiger partial charge in [-0.25, -0.2) is 0 Å². The van der Waals surface area contributed by atoms with E-state index in [1.54, 1.807) is 36.4 Å². The van der Waals surface area contributed by atoms with Gasteiger partial charge >= 0.3 is 0 Å². The Morgan fingerprint density at radius 1 is 1.26 bits per heavy atom. The van der Waals surface area contributed by atoms with Crippen LogP contribution >= 0.6 is 39.1 Å². The summed E-state index contributed by atoms with van der Waals surface area (Å²) >= 11 is 14.9. The molecule has 0 aliphatic rings. The fourth-order valence-corrected chi connectivity index (χ4v) is 2.00. The van der Waals surface area contributed by atoms with E-state index in [9.17, 15) is 4.79 Å². The summed E-state index contributed by atoms with van der Waals surface area (Å²) in [4.78, 5) is 11.7. The van der Waals surface area contributed by atoms with Crippen molar-refractivity contribution in [2.24, 2.45) is 0 Å². The monoisotopic (exact) mass is 359 g/mol. The smallest absolute Gasteiger partial charge is 0.248 e. The van der Waals surface area contributed by atoms with Gasteiger partial charge in [-0.05, 0) is 52.3 Å². The van der Waals surface area contributed by atoms with Crippen molar-refractivity contribution >= 4 is 56.8 Å². The molecule has 98 valence electrons. The van der Waals surface area contributed by atoms with Crippen LogP contribution in [-0.2, 0) is 4.79 Å². The van der Waals surface area contributed by atoms with Crippen LogP contribution in [0.2, 0.25) is 10.0 Å². The number of furan rings is 1. The van der Waals surface area contributed by atoms with Gasteiger partial charge in [0.15, 0.2) is 4.67 Å². The maximum absolute atomic E-state index is 11.7. The first-order valence-corrected chi connectivity index (χ1v) is 6.79. The summed E-state index contributed by atoms with van der Waals surface area (Å²) in [5.41, 5.74) is 0.462. The van der Waals surface area contributed by atoms with E-state index in [1.807, 2.05) is 0 Å². The molecule has 1 amide bonds. The van der Waals surface area contributed by atoms with Crippen LogP contribution in [0.15, 0.2) is 45.5 Å². The van der Waals surface area contributed by atoms with Crippen molar-refractivity contribution in [1.29, 1.82) is 0 Å². The third kappa shape index (κ3) is 4.13. The molecule has 0 radical (unpaired) electrons. The number of hydrogen-bond acceptors (Lipinski definition) is 2. The van der Waals surface area contributed by atoms with Crippen molar-refractivity contribution in [3.8, 4) is 0 Å². The minimum atomic E-state index is -0.323. The second-order valence-corrected chi connectivity index (χ2v) is 5.21. The number of hydrogen-bond donors (Lipinski definition) is 1. The Kier molecular flexibility index (Phi) is 4.69. The van der Waals surface area contributed by atoms with Gasteiger partial charge in [0.25, 0.3) is 0 Å². The van der Waals surface area contributed by atoms with E-state index < -0.39 is 0 Å². The Hall–Kier alpha value is -1.23. The predicted octanol–water partition coefficient (Wildman–Crippen LogP) is 5.00. The van der Waals surface area contributed by atoms with E-state index in [2.05, 4.69) is 21.2 Å². The molecule has 0 saturated carbocycles. The number of benzene rings is 1. The van der Waals surface area contributed by atoms with Crippen LogP contribution in [-0.4, -0.2) is 5.91 Å². The van der Waals surface area contributed by atoms with Crippen LogP contribution in [0, 0.1) is 0 Å². The van der Waals surface area contributed by atoms with Gasteiger partial charge in [-0.2, -0.15) is 0 Å². The molecule has 0 saturated heterocycles. The molecule has 3 nitrogen and oxygen atoms in total. The van der Waals surface area contributed by atoms with Crippen molar-refractivity contribution in [2.45, 2.75) is 0 Å². The highest BCUT2D eigenvalue weighted by molar-refractivity contribution is 9.10. The highest BCUT2D eigenvalue weighted by Gasteiger charge is 2.04. The molecule has 0 spiro atoms. The quantitative estimate of drug-likeness (QED) is 0.782. The average Bonchev–Trinajstić information content (AvgIpc) is 2.77. The van der Waals surface area contributed by atoms with Crippen molar-refractivity contribution in [1.82, 2.24) is 0 Å². The molecule has 0 bridgehead atoms. The zero-order valence-corrected chi connectivity index (χ0v) is 12.6. The van der Waals surface area contributed by atoms with Crippen molar-refractivity contribution < 1.29 is 9.21 Å². The van der Waals surface area contributed by atoms with Gasteiger partial charge in [-0.3, -0.25) is 4.79 Å². The molecule has 2 aromatic rings. The van der Waals surface area contributed by atoms with Crippen LogP contribution in [0.5, 0.6) is 0 Å². The third-order valence-electron chi connectivity index (χ3n) is 2.18. The van der Waals surface area contributed by atoms with Gasteiger partial charge in [0.1, 0.15) is 5.76 Å². The van der Waals surface area contributed by atoms with Crippen molar-refractivity contribution in [3.05, 3.63) is 56.9 Å². The lowest BCUT2D eigenvalue weighted by Gasteiger charge is -2.04. The van der Waals surface area contributed by atoms with Crippen LogP contribution in [0.25, 0.3) is 6.08 Å². The molecule has 0 aliphatic carbocycles. The summed E-state index contributed by atoms with van der Waals surface area (Å²) in [6, 6.07) is 8.33. The zero-order chi connectivity index (χ0) is 13.8. The van der Waals surface area contributed by atoms with Gasteiger partial charge < -0.3 is 9.73 Å². The molecular weight excluding hydrogens is 353 g/mol. The average molecular weight is 361 g/mol. The minimum absolute atomic E-state index is 0.323. The van der Waals surface area contributed by atoms with Gasteiger partial charge in [0, 0.05) is 11.1 Å². The number of nitrogens with one attached hydrogen (secondary N) is 1. The lowest BCUT2D eigenvalue weighted by molar-refractivity contribution is -0.111. The largest absolute Gasteiger partial charge is 0.450 e. The minimum Gasteiger partial charge on any atom is -0.450 e. The molecule has 0 aliphatic heterocycles. The molecule has 0 fully saturated rings. The van der Waals surface area contributed by atoms with E-state index in [1.165, 1.54) is 6.08 Å². The van der Waals surface area contributed by atoms with E-state index in [-0.39, 0.29) is 5.91 Å². The number of carbonyl (C=O) groups excluding carboxylic acids is 1. The fraction of sp³-hybridized carbons (Fsp3) is 0. The molecule has 1 aromatic heterocycles. The third-order valence-corrected chi connectivity index (χ3v) is 3.17. The Bertz CT molecular complexity index is 637. The standard InChI is InChI=1S/C13H8BrCl2NO2/c14-12-5-2-9(19-12)3-6-13(18)17-11-7-8(15)1-4-10(11)16/h1-7H,(H,17,18). The molecule has 0 unspecified atom stereocenters. The lowest BCUT2D eigenvalue weighted by atomic mass is 10.3. The predicted molar refractivity (Wildman–Crippen MR) is 80.5 cm³/mol. The molecule has 1 aromatic carbocycles. The van der Waals surface area contributed by atoms with Gasteiger partial charge in [0.05, 0.1) is 10.7 Å². The summed E-state index contributed by atoms with van der Waals surface area (Å²) in [6.07, 6.45) is 2.90. The number of halogens is 3. The summed E-state index contributed by atoms with van der Waals surface area (Å²) in [7, 11) is 0. The first-order valence-electron chi connectivity index (χ1n) is 5.24. The van der Waals surface area contributed by atoms with Gasteiger partial charge in [0.2, 0.25) is 5.91 Å². The number of anilines is 1. The number of amides is 1. The molecule has 19 heavy (non-hydrogen) atoms. The molecular formula is C13H8BrCl2NO2. The number of rotatable bonds is 3. The molecule has 1 N–H and O–H groups in total. The Balaban J connectivity index is 2.05. The van der Waals surface area contributed by atoms with E-state index in [0.29, 0.717) is 26.2 Å². The second-order valence-electron chi connectivity index (χ2n) is 3.59. The van der Waals surface area contributed by atoms with Crippen molar-refractivity contribution in [3.63, 3.8) is 0 Å². The van der Waals surface area contributed by atoms with Gasteiger partial charge in [-0.15, -0.1) is 0 Å². The first-order chi connectivity index (χ1) is 9.04. The maximum atomic E-state index is 11.7. The highest BCUT2D eigenvalue weighted by atomic mass is 79.9. The fourth-order valence-electron chi connectivity index (χ4n) is 1.34. The summed E-state index contributed by atoms with van der Waals surface area (Å²) in [5, 5.41) is 3.55. The van der Waals surface area contributed by atoms with E-state index in [4.69, 9.17) is 27.6 Å². The normalized spacial score (nSPS) is 10.9. The molecule has 1 heterocycles. The zero-order valence-electron chi connectivity index (χ0n) is 9.49. The Morgan fingerprint density at radius 2 is 2.05 bits per heavy atom.